The Kier molecular flexibility index (Phi) is 5.69. The molecule has 4 aromatic rings. The smallest absolute Gasteiger partial charge is 0.280 e. The number of nitro groups is 1. The Hall–Kier alpha value is -3.36. The highest BCUT2D eigenvalue weighted by Gasteiger charge is 2.14. The largest absolute Gasteiger partial charge is 0.380 e. The zero-order chi connectivity index (χ0) is 21.1. The van der Waals surface area contributed by atoms with E-state index in [1.807, 2.05) is 47.9 Å². The Morgan fingerprint density at radius 1 is 1.17 bits per heavy atom. The number of thiazole rings is 1. The molecule has 152 valence electrons. The molecular weight excluding hydrogens is 402 g/mol. The molecular formula is C22H19N3O4S. The van der Waals surface area contributed by atoms with Gasteiger partial charge in [0, 0.05) is 30.8 Å². The van der Waals surface area contributed by atoms with E-state index in [2.05, 4.69) is 4.99 Å². The first-order valence-corrected chi connectivity index (χ1v) is 10.3. The van der Waals surface area contributed by atoms with Crippen molar-refractivity contribution in [3.05, 3.63) is 81.1 Å². The minimum absolute atomic E-state index is 0.00707. The van der Waals surface area contributed by atoms with Crippen LogP contribution in [0.15, 0.2) is 65.7 Å². The number of ether oxygens (including phenoxy) is 1. The molecule has 0 aliphatic heterocycles. The Morgan fingerprint density at radius 3 is 2.77 bits per heavy atom. The molecule has 1 amide bonds. The van der Waals surface area contributed by atoms with Crippen molar-refractivity contribution in [3.8, 4) is 0 Å². The molecule has 0 radical (unpaired) electrons. The summed E-state index contributed by atoms with van der Waals surface area (Å²) >= 11 is 1.26. The van der Waals surface area contributed by atoms with E-state index in [9.17, 15) is 14.9 Å². The van der Waals surface area contributed by atoms with E-state index in [0.717, 1.165) is 16.3 Å². The average molecular weight is 421 g/mol. The average Bonchev–Trinajstić information content (AvgIpc) is 3.09. The van der Waals surface area contributed by atoms with Crippen LogP contribution in [0.5, 0.6) is 0 Å². The van der Waals surface area contributed by atoms with Gasteiger partial charge in [-0.15, -0.1) is 0 Å². The van der Waals surface area contributed by atoms with Gasteiger partial charge >= 0.3 is 0 Å². The minimum Gasteiger partial charge on any atom is -0.380 e. The number of amides is 1. The maximum absolute atomic E-state index is 13.0. The van der Waals surface area contributed by atoms with Crippen molar-refractivity contribution in [1.29, 1.82) is 0 Å². The molecule has 0 aliphatic carbocycles. The number of benzene rings is 3. The number of hydrogen-bond donors (Lipinski definition) is 0. The lowest BCUT2D eigenvalue weighted by Crippen LogP contribution is -2.19. The monoisotopic (exact) mass is 421 g/mol. The molecule has 0 bridgehead atoms. The van der Waals surface area contributed by atoms with Gasteiger partial charge in [0.1, 0.15) is 0 Å². The fraction of sp³-hybridized carbons (Fsp3) is 0.182. The summed E-state index contributed by atoms with van der Waals surface area (Å²) in [5.41, 5.74) is 1.32. The van der Waals surface area contributed by atoms with E-state index >= 15 is 0 Å². The molecule has 8 heteroatoms. The summed E-state index contributed by atoms with van der Waals surface area (Å²) in [6, 6.07) is 17.9. The maximum atomic E-state index is 13.0. The quantitative estimate of drug-likeness (QED) is 0.260. The van der Waals surface area contributed by atoms with Crippen molar-refractivity contribution in [3.63, 3.8) is 0 Å². The van der Waals surface area contributed by atoms with Crippen LogP contribution in [0.2, 0.25) is 0 Å². The Morgan fingerprint density at radius 2 is 1.97 bits per heavy atom. The van der Waals surface area contributed by atoms with Crippen molar-refractivity contribution in [2.45, 2.75) is 13.5 Å². The van der Waals surface area contributed by atoms with Crippen LogP contribution in [0.4, 0.5) is 5.69 Å². The molecule has 3 aromatic carbocycles. The van der Waals surface area contributed by atoms with E-state index in [4.69, 9.17) is 4.74 Å². The van der Waals surface area contributed by atoms with Crippen molar-refractivity contribution >= 4 is 43.9 Å². The van der Waals surface area contributed by atoms with Gasteiger partial charge in [-0.1, -0.05) is 47.7 Å². The van der Waals surface area contributed by atoms with Crippen molar-refractivity contribution < 1.29 is 14.5 Å². The number of rotatable bonds is 6. The normalized spacial score (nSPS) is 12.0. The molecule has 7 nitrogen and oxygen atoms in total. The summed E-state index contributed by atoms with van der Waals surface area (Å²) in [5, 5.41) is 12.9. The number of non-ortho nitro benzene ring substituents is 1. The standard InChI is InChI=1S/C22H19N3O4S/c1-2-29-13-12-24-19-11-10-16(25(27)28)14-20(19)30-22(24)23-21(26)18-9-5-7-15-6-3-4-8-17(15)18/h3-11,14H,2,12-13H2,1H3. The molecule has 0 N–H and O–H groups in total. The predicted molar refractivity (Wildman–Crippen MR) is 117 cm³/mol. The number of hydrogen-bond acceptors (Lipinski definition) is 5. The van der Waals surface area contributed by atoms with E-state index in [-0.39, 0.29) is 11.6 Å². The predicted octanol–water partition coefficient (Wildman–Crippen LogP) is 4.54. The van der Waals surface area contributed by atoms with Gasteiger partial charge in [0.25, 0.3) is 11.6 Å². The number of nitrogens with zero attached hydrogens (tertiary/aromatic N) is 3. The molecule has 0 saturated heterocycles. The summed E-state index contributed by atoms with van der Waals surface area (Å²) in [6.45, 7) is 3.44. The van der Waals surface area contributed by atoms with Gasteiger partial charge in [-0.25, -0.2) is 0 Å². The van der Waals surface area contributed by atoms with Crippen LogP contribution in [0.25, 0.3) is 21.0 Å². The maximum Gasteiger partial charge on any atom is 0.280 e. The van der Waals surface area contributed by atoms with Gasteiger partial charge in [0.2, 0.25) is 0 Å². The lowest BCUT2D eigenvalue weighted by atomic mass is 10.0. The van der Waals surface area contributed by atoms with Crippen LogP contribution >= 0.6 is 11.3 Å². The SMILES string of the molecule is CCOCCn1c(=NC(=O)c2cccc3ccccc23)sc2cc([N+](=O)[O-])ccc21. The van der Waals surface area contributed by atoms with Gasteiger partial charge in [0.05, 0.1) is 21.7 Å². The fourth-order valence-electron chi connectivity index (χ4n) is 3.34. The number of carbonyl (C=O) groups excluding carboxylic acids is 1. The van der Waals surface area contributed by atoms with Crippen molar-refractivity contribution in [2.75, 3.05) is 13.2 Å². The highest BCUT2D eigenvalue weighted by molar-refractivity contribution is 7.16. The topological polar surface area (TPSA) is 86.7 Å². The van der Waals surface area contributed by atoms with Crippen LogP contribution in [-0.2, 0) is 11.3 Å². The van der Waals surface area contributed by atoms with Crippen LogP contribution in [0, 0.1) is 10.1 Å². The molecule has 0 spiro atoms. The number of fused-ring (bicyclic) bond motifs is 2. The first-order chi connectivity index (χ1) is 14.6. The van der Waals surface area contributed by atoms with Crippen LogP contribution < -0.4 is 4.80 Å². The summed E-state index contributed by atoms with van der Waals surface area (Å²) in [7, 11) is 0. The molecule has 0 aliphatic rings. The molecule has 1 heterocycles. The summed E-state index contributed by atoms with van der Waals surface area (Å²) in [6.07, 6.45) is 0. The number of nitro benzene ring substituents is 1. The number of aromatic nitrogens is 1. The van der Waals surface area contributed by atoms with Gasteiger partial charge < -0.3 is 9.30 Å². The Balaban J connectivity index is 1.84. The molecule has 4 rings (SSSR count). The third kappa shape index (κ3) is 3.87. The zero-order valence-electron chi connectivity index (χ0n) is 16.3. The summed E-state index contributed by atoms with van der Waals surface area (Å²) in [5.74, 6) is -0.349. The fourth-order valence-corrected chi connectivity index (χ4v) is 4.42. The highest BCUT2D eigenvalue weighted by atomic mass is 32.1. The summed E-state index contributed by atoms with van der Waals surface area (Å²) in [4.78, 5) is 28.6. The lowest BCUT2D eigenvalue weighted by Gasteiger charge is -2.06. The van der Waals surface area contributed by atoms with Crippen molar-refractivity contribution in [2.24, 2.45) is 4.99 Å². The first kappa shape index (κ1) is 19.9. The molecule has 30 heavy (non-hydrogen) atoms. The van der Waals surface area contributed by atoms with Crippen LogP contribution in [0.3, 0.4) is 0 Å². The van der Waals surface area contributed by atoms with Gasteiger partial charge in [0.15, 0.2) is 4.80 Å². The van der Waals surface area contributed by atoms with E-state index < -0.39 is 4.92 Å². The summed E-state index contributed by atoms with van der Waals surface area (Å²) < 4.78 is 8.05. The molecule has 1 aromatic heterocycles. The van der Waals surface area contributed by atoms with E-state index in [1.165, 1.54) is 23.5 Å². The second-order valence-corrected chi connectivity index (χ2v) is 7.60. The Bertz CT molecular complexity index is 1320. The highest BCUT2D eigenvalue weighted by Crippen LogP contribution is 2.24. The molecule has 0 atom stereocenters. The molecule has 0 fully saturated rings. The van der Waals surface area contributed by atoms with Crippen molar-refractivity contribution in [1.82, 2.24) is 4.57 Å². The van der Waals surface area contributed by atoms with Gasteiger partial charge in [-0.3, -0.25) is 14.9 Å². The number of carbonyl (C=O) groups is 1. The lowest BCUT2D eigenvalue weighted by molar-refractivity contribution is -0.384. The van der Waals surface area contributed by atoms with Gasteiger partial charge in [-0.05, 0) is 29.8 Å². The van der Waals surface area contributed by atoms with Crippen LogP contribution in [0.1, 0.15) is 17.3 Å². The zero-order valence-corrected chi connectivity index (χ0v) is 17.1. The van der Waals surface area contributed by atoms with E-state index in [1.54, 1.807) is 12.1 Å². The minimum atomic E-state index is -0.429. The third-order valence-electron chi connectivity index (χ3n) is 4.76. The first-order valence-electron chi connectivity index (χ1n) is 9.51. The van der Waals surface area contributed by atoms with Gasteiger partial charge in [-0.2, -0.15) is 4.99 Å². The Labute approximate surface area is 176 Å². The third-order valence-corrected chi connectivity index (χ3v) is 5.80. The molecule has 0 unspecified atom stereocenters. The molecule has 0 saturated carbocycles. The second-order valence-electron chi connectivity index (χ2n) is 6.59. The van der Waals surface area contributed by atoms with Crippen LogP contribution in [-0.4, -0.2) is 28.6 Å². The van der Waals surface area contributed by atoms with E-state index in [0.29, 0.717) is 34.8 Å². The second kappa shape index (κ2) is 8.56.